The maximum atomic E-state index is 13.1. The molecule has 0 atom stereocenters. The molecule has 0 unspecified atom stereocenters. The molecule has 30 heavy (non-hydrogen) atoms. The first kappa shape index (κ1) is 20.5. The lowest BCUT2D eigenvalue weighted by Gasteiger charge is -1.97. The van der Waals surface area contributed by atoms with Gasteiger partial charge in [0.05, 0.1) is 5.56 Å². The number of aryl methyl sites for hydroxylation is 2. The van der Waals surface area contributed by atoms with E-state index in [1.165, 1.54) is 34.4 Å². The van der Waals surface area contributed by atoms with Crippen LogP contribution in [0.2, 0.25) is 0 Å². The first-order valence-electron chi connectivity index (χ1n) is 8.90. The molecule has 0 aliphatic rings. The normalized spacial score (nSPS) is 11.5. The van der Waals surface area contributed by atoms with E-state index < -0.39 is 6.43 Å². The van der Waals surface area contributed by atoms with Gasteiger partial charge < -0.3 is 4.42 Å². The molecule has 0 aliphatic carbocycles. The van der Waals surface area contributed by atoms with E-state index in [2.05, 4.69) is 30.5 Å². The number of alkyl halides is 2. The highest BCUT2D eigenvalue weighted by Crippen LogP contribution is 2.31. The highest BCUT2D eigenvalue weighted by atomic mass is 32.2. The zero-order valence-corrected chi connectivity index (χ0v) is 17.7. The predicted molar refractivity (Wildman–Crippen MR) is 109 cm³/mol. The molecule has 0 amide bonds. The summed E-state index contributed by atoms with van der Waals surface area (Å²) in [6.07, 6.45) is -1.28. The van der Waals surface area contributed by atoms with Gasteiger partial charge in [-0.15, -0.1) is 15.3 Å². The predicted octanol–water partition coefficient (Wildman–Crippen LogP) is 4.39. The molecule has 0 saturated carbocycles. The number of hydrogen-bond acceptors (Lipinski definition) is 8. The van der Waals surface area contributed by atoms with Crippen LogP contribution in [0.5, 0.6) is 0 Å². The number of rotatable bonds is 8. The molecule has 8 nitrogen and oxygen atoms in total. The fourth-order valence-electron chi connectivity index (χ4n) is 2.70. The minimum atomic E-state index is -2.72. The van der Waals surface area contributed by atoms with Gasteiger partial charge in [0.25, 0.3) is 17.5 Å². The van der Waals surface area contributed by atoms with Crippen LogP contribution in [0.4, 0.5) is 8.78 Å². The van der Waals surface area contributed by atoms with Crippen molar-refractivity contribution in [3.63, 3.8) is 0 Å². The Balaban J connectivity index is 1.31. The van der Waals surface area contributed by atoms with E-state index >= 15 is 0 Å². The van der Waals surface area contributed by atoms with Gasteiger partial charge >= 0.3 is 0 Å². The molecule has 156 valence electrons. The van der Waals surface area contributed by atoms with Gasteiger partial charge in [0.15, 0.2) is 5.82 Å². The summed E-state index contributed by atoms with van der Waals surface area (Å²) in [5.41, 5.74) is 1.91. The summed E-state index contributed by atoms with van der Waals surface area (Å²) in [5.74, 6) is 2.13. The second kappa shape index (κ2) is 8.96. The standard InChI is InChI=1S/C18H17F2N7OS2/c1-10-4-3-5-11(8-10)15-21-17(24-22-15)29-6-7-30-18-25-23-16(28-18)12-9-27(2)26-13(12)14(19)20/h3-5,8-9,14H,6-7H2,1-2H3,(H,21,22,24). The molecule has 0 spiro atoms. The topological polar surface area (TPSA) is 98.3 Å². The summed E-state index contributed by atoms with van der Waals surface area (Å²) < 4.78 is 33.0. The largest absolute Gasteiger partial charge is 0.411 e. The Hall–Kier alpha value is -2.73. The number of H-pyrrole nitrogens is 1. The fraction of sp³-hybridized carbons (Fsp3) is 0.278. The SMILES string of the molecule is Cc1cccc(-c2nc(SCCSc3nnc(-c4cn(C)nc4C(F)F)o3)n[nH]2)c1. The number of hydrogen-bond donors (Lipinski definition) is 1. The number of nitrogens with zero attached hydrogens (tertiary/aromatic N) is 6. The summed E-state index contributed by atoms with van der Waals surface area (Å²) in [4.78, 5) is 4.49. The number of nitrogens with one attached hydrogen (secondary N) is 1. The molecule has 1 aromatic carbocycles. The molecule has 0 radical (unpaired) electrons. The smallest absolute Gasteiger partial charge is 0.282 e. The van der Waals surface area contributed by atoms with Crippen molar-refractivity contribution in [3.8, 4) is 22.8 Å². The van der Waals surface area contributed by atoms with Gasteiger partial charge in [-0.25, -0.2) is 13.8 Å². The quantitative estimate of drug-likeness (QED) is 0.312. The van der Waals surface area contributed by atoms with Gasteiger partial charge in [-0.2, -0.15) is 5.10 Å². The highest BCUT2D eigenvalue weighted by molar-refractivity contribution is 8.02. The molecule has 0 bridgehead atoms. The maximum absolute atomic E-state index is 13.1. The fourth-order valence-corrected chi connectivity index (χ4v) is 4.23. The first-order valence-corrected chi connectivity index (χ1v) is 10.9. The minimum Gasteiger partial charge on any atom is -0.411 e. The Labute approximate surface area is 178 Å². The summed E-state index contributed by atoms with van der Waals surface area (Å²) in [5, 5.41) is 19.7. The third-order valence-corrected chi connectivity index (χ3v) is 5.92. The highest BCUT2D eigenvalue weighted by Gasteiger charge is 2.22. The van der Waals surface area contributed by atoms with Crippen molar-refractivity contribution in [3.05, 3.63) is 41.7 Å². The van der Waals surface area contributed by atoms with E-state index in [4.69, 9.17) is 4.42 Å². The van der Waals surface area contributed by atoms with Crippen LogP contribution < -0.4 is 0 Å². The van der Waals surface area contributed by atoms with Crippen LogP contribution in [-0.4, -0.2) is 46.7 Å². The number of aromatic amines is 1. The van der Waals surface area contributed by atoms with Gasteiger partial charge in [0, 0.05) is 30.3 Å². The average Bonchev–Trinajstić information content (AvgIpc) is 3.44. The van der Waals surface area contributed by atoms with Gasteiger partial charge in [-0.1, -0.05) is 47.3 Å². The van der Waals surface area contributed by atoms with Gasteiger partial charge in [0.1, 0.15) is 5.69 Å². The maximum Gasteiger partial charge on any atom is 0.282 e. The van der Waals surface area contributed by atoms with Gasteiger partial charge in [-0.3, -0.25) is 9.78 Å². The first-order chi connectivity index (χ1) is 14.5. The van der Waals surface area contributed by atoms with Crippen molar-refractivity contribution in [2.75, 3.05) is 11.5 Å². The minimum absolute atomic E-state index is 0.0327. The Morgan fingerprint density at radius 3 is 2.83 bits per heavy atom. The van der Waals surface area contributed by atoms with Crippen molar-refractivity contribution < 1.29 is 13.2 Å². The number of thioether (sulfide) groups is 2. The summed E-state index contributed by atoms with van der Waals surface area (Å²) in [6.45, 7) is 2.03. The molecule has 4 rings (SSSR count). The van der Waals surface area contributed by atoms with E-state index in [0.29, 0.717) is 21.9 Å². The third kappa shape index (κ3) is 4.70. The van der Waals surface area contributed by atoms with Crippen LogP contribution >= 0.6 is 23.5 Å². The Morgan fingerprint density at radius 1 is 1.20 bits per heavy atom. The van der Waals surface area contributed by atoms with Crippen LogP contribution in [0.25, 0.3) is 22.8 Å². The molecular weight excluding hydrogens is 432 g/mol. The summed E-state index contributed by atoms with van der Waals surface area (Å²) in [7, 11) is 1.56. The van der Waals surface area contributed by atoms with Crippen LogP contribution in [0.15, 0.2) is 45.3 Å². The van der Waals surface area contributed by atoms with E-state index in [1.54, 1.807) is 7.05 Å². The summed E-state index contributed by atoms with van der Waals surface area (Å²) in [6, 6.07) is 8.02. The molecule has 12 heteroatoms. The van der Waals surface area contributed by atoms with Crippen LogP contribution in [-0.2, 0) is 7.05 Å². The Kier molecular flexibility index (Phi) is 6.13. The number of benzene rings is 1. The van der Waals surface area contributed by atoms with Crippen LogP contribution in [0.1, 0.15) is 17.7 Å². The Morgan fingerprint density at radius 2 is 2.03 bits per heavy atom. The zero-order chi connectivity index (χ0) is 21.1. The molecule has 0 aliphatic heterocycles. The molecule has 0 saturated heterocycles. The molecule has 0 fully saturated rings. The third-order valence-electron chi connectivity index (χ3n) is 4.00. The second-order valence-corrected chi connectivity index (χ2v) is 8.42. The van der Waals surface area contributed by atoms with Gasteiger partial charge in [-0.05, 0) is 13.0 Å². The molecular formula is C18H17F2N7OS2. The van der Waals surface area contributed by atoms with Crippen molar-refractivity contribution in [2.45, 2.75) is 23.7 Å². The Bertz CT molecular complexity index is 1140. The molecule has 3 heterocycles. The van der Waals surface area contributed by atoms with Gasteiger partial charge in [0.2, 0.25) is 5.16 Å². The number of aromatic nitrogens is 7. The number of halogens is 2. The monoisotopic (exact) mass is 449 g/mol. The van der Waals surface area contributed by atoms with E-state index in [1.807, 2.05) is 31.2 Å². The average molecular weight is 450 g/mol. The van der Waals surface area contributed by atoms with Crippen molar-refractivity contribution in [2.24, 2.45) is 7.05 Å². The van der Waals surface area contributed by atoms with Crippen LogP contribution in [0.3, 0.4) is 0 Å². The van der Waals surface area contributed by atoms with E-state index in [0.717, 1.165) is 17.0 Å². The van der Waals surface area contributed by atoms with Crippen LogP contribution in [0, 0.1) is 6.92 Å². The zero-order valence-electron chi connectivity index (χ0n) is 16.0. The van der Waals surface area contributed by atoms with Crippen molar-refractivity contribution in [1.82, 2.24) is 35.2 Å². The molecule has 3 aromatic heterocycles. The lowest BCUT2D eigenvalue weighted by Crippen LogP contribution is -1.91. The molecule has 4 aromatic rings. The van der Waals surface area contributed by atoms with E-state index in [9.17, 15) is 8.78 Å². The summed E-state index contributed by atoms with van der Waals surface area (Å²) >= 11 is 2.84. The molecule has 1 N–H and O–H groups in total. The second-order valence-electron chi connectivity index (χ2n) is 6.31. The van der Waals surface area contributed by atoms with Crippen molar-refractivity contribution >= 4 is 23.5 Å². The van der Waals surface area contributed by atoms with Crippen molar-refractivity contribution in [1.29, 1.82) is 0 Å². The lowest BCUT2D eigenvalue weighted by molar-refractivity contribution is 0.145. The van der Waals surface area contributed by atoms with E-state index in [-0.39, 0.29) is 17.1 Å². The lowest BCUT2D eigenvalue weighted by atomic mass is 10.1.